The number of nitrogens with zero attached hydrogens (tertiary/aromatic N) is 18. The molecule has 1 aromatic carbocycles. The maximum Gasteiger partial charge on any atom is 0.253 e. The van der Waals surface area contributed by atoms with E-state index in [1.54, 1.807) is 21.9 Å². The summed E-state index contributed by atoms with van der Waals surface area (Å²) in [6, 6.07) is -1.03. The third kappa shape index (κ3) is 11.6. The molecule has 0 saturated heterocycles. The summed E-state index contributed by atoms with van der Waals surface area (Å²) in [5.41, 5.74) is 4.94. The fourth-order valence-electron chi connectivity index (χ4n) is 12.9. The zero-order chi connectivity index (χ0) is 59.0. The summed E-state index contributed by atoms with van der Waals surface area (Å²) in [6.07, 6.45) is 22.1. The monoisotopic (exact) mass is 1180 g/mol. The van der Waals surface area contributed by atoms with E-state index in [1.165, 1.54) is 11.0 Å². The van der Waals surface area contributed by atoms with Crippen molar-refractivity contribution in [1.29, 1.82) is 0 Å². The largest absolute Gasteiger partial charge is 0.390 e. The number of aromatic nitrogens is 18. The molecule has 8 heterocycles. The van der Waals surface area contributed by atoms with E-state index in [9.17, 15) is 30.0 Å². The van der Waals surface area contributed by atoms with Gasteiger partial charge in [-0.3, -0.25) is 9.59 Å². The summed E-state index contributed by atoms with van der Waals surface area (Å²) in [5, 5.41) is 80.4. The Hall–Kier alpha value is -8.48. The lowest BCUT2D eigenvalue weighted by Crippen LogP contribution is -2.43. The molecule has 13 rings (SSSR count). The highest BCUT2D eigenvalue weighted by Crippen LogP contribution is 2.42. The third-order valence-corrected chi connectivity index (χ3v) is 17.8. The summed E-state index contributed by atoms with van der Waals surface area (Å²) < 4.78 is 8.00. The van der Waals surface area contributed by atoms with Crippen LogP contribution < -0.4 is 42.8 Å². The summed E-state index contributed by atoms with van der Waals surface area (Å²) >= 11 is 0. The van der Waals surface area contributed by atoms with E-state index in [1.807, 2.05) is 29.7 Å². The maximum atomic E-state index is 13.2. The van der Waals surface area contributed by atoms with Crippen LogP contribution in [-0.2, 0) is 39.1 Å². The van der Waals surface area contributed by atoms with Crippen molar-refractivity contribution in [3.63, 3.8) is 0 Å². The Morgan fingerprint density at radius 1 is 0.512 bits per heavy atom. The van der Waals surface area contributed by atoms with E-state index in [4.69, 9.17) is 29.9 Å². The van der Waals surface area contributed by atoms with Crippen LogP contribution in [0.25, 0.3) is 22.3 Å². The van der Waals surface area contributed by atoms with Crippen LogP contribution in [0, 0.1) is 0 Å². The minimum absolute atomic E-state index is 0.00152. The van der Waals surface area contributed by atoms with Gasteiger partial charge in [0.05, 0.1) is 74.4 Å². The van der Waals surface area contributed by atoms with Crippen LogP contribution in [0.15, 0.2) is 59.7 Å². The van der Waals surface area contributed by atoms with Gasteiger partial charge in [-0.1, -0.05) is 0 Å². The Morgan fingerprint density at radius 3 is 1.48 bits per heavy atom. The molecule has 4 saturated carbocycles. The van der Waals surface area contributed by atoms with Gasteiger partial charge in [0.2, 0.25) is 11.9 Å². The molecule has 9 aromatic rings. The standard InChI is InChI=1S/C56H74N24O6/c1-3-75-23-35(59-27-75)15-17-57-55-69-51(45-53(71-55)77(29-61-45)39-13-14-40(19-39)79-63-21-37(25-81)73-79)67-33-9-5-31(6-10-33)65-43-44(50(86)49(43)85)66-32-7-11-34(12-8-32)68-52-46-54(72-56(70-52)58-18-16-36-24-76(4-2)28-60-36)78(30-62-46)41-20-42(48(84)47(41)83)80-64-22-38(26-82)74-80/h21-24,27-34,39-42,47-48,65-66,81-84H,3-20,25-26H2,1-2H3,(H2,57,67,69,71)(H2,58,68,70,72)/t31-,32-,33-,34-,39-,40+,41+,42-,47-,48+/m0/s1. The number of aliphatic hydroxyl groups is 4. The minimum Gasteiger partial charge on any atom is -0.390 e. The molecule has 4 aliphatic rings. The number of rotatable bonds is 24. The van der Waals surface area contributed by atoms with Crippen LogP contribution in [0.1, 0.15) is 138 Å². The third-order valence-electron chi connectivity index (χ3n) is 17.8. The number of nitrogens with one attached hydrogen (secondary N) is 6. The quantitative estimate of drug-likeness (QED) is 0.0389. The van der Waals surface area contributed by atoms with Crippen molar-refractivity contribution in [2.45, 2.75) is 191 Å². The first-order valence-corrected chi connectivity index (χ1v) is 30.3. The molecule has 454 valence electrons. The zero-order valence-electron chi connectivity index (χ0n) is 48.2. The van der Waals surface area contributed by atoms with Crippen molar-refractivity contribution in [2.75, 3.05) is 45.0 Å². The first-order valence-electron chi connectivity index (χ1n) is 30.3. The lowest BCUT2D eigenvalue weighted by Gasteiger charge is -2.33. The topological polar surface area (TPSA) is 371 Å². The second-order valence-corrected chi connectivity index (χ2v) is 23.4. The van der Waals surface area contributed by atoms with Gasteiger partial charge in [-0.25, -0.2) is 19.9 Å². The molecule has 0 bridgehead atoms. The van der Waals surface area contributed by atoms with Gasteiger partial charge < -0.3 is 70.6 Å². The van der Waals surface area contributed by atoms with Crippen LogP contribution in [0.2, 0.25) is 0 Å². The fraction of sp³-hybridized carbons (Fsp3) is 0.571. The highest BCUT2D eigenvalue weighted by Gasteiger charge is 2.45. The maximum absolute atomic E-state index is 13.2. The van der Waals surface area contributed by atoms with Crippen molar-refractivity contribution in [3.05, 3.63) is 93.3 Å². The molecular formula is C56H74N24O6. The summed E-state index contributed by atoms with van der Waals surface area (Å²) in [4.78, 5) is 68.1. The van der Waals surface area contributed by atoms with Gasteiger partial charge in [0.1, 0.15) is 41.0 Å². The molecule has 0 radical (unpaired) electrons. The smallest absolute Gasteiger partial charge is 0.253 e. The second kappa shape index (κ2) is 24.5. The van der Waals surface area contributed by atoms with Crippen molar-refractivity contribution in [3.8, 4) is 0 Å². The van der Waals surface area contributed by atoms with Crippen LogP contribution in [-0.4, -0.2) is 158 Å². The van der Waals surface area contributed by atoms with Crippen LogP contribution in [0.3, 0.4) is 0 Å². The molecule has 30 nitrogen and oxygen atoms in total. The number of hydrogen-bond acceptors (Lipinski definition) is 24. The normalized spacial score (nSPS) is 24.3. The number of hydrogen-bond donors (Lipinski definition) is 10. The lowest BCUT2D eigenvalue weighted by molar-refractivity contribution is 0.00491. The van der Waals surface area contributed by atoms with E-state index in [0.717, 1.165) is 101 Å². The Labute approximate surface area is 493 Å². The number of imidazole rings is 4. The molecule has 4 fully saturated rings. The van der Waals surface area contributed by atoms with Gasteiger partial charge in [0.15, 0.2) is 34.0 Å². The van der Waals surface area contributed by atoms with Gasteiger partial charge in [-0.05, 0) is 90.9 Å². The number of aliphatic hydroxyl groups excluding tert-OH is 4. The van der Waals surface area contributed by atoms with Crippen molar-refractivity contribution in [2.24, 2.45) is 0 Å². The Morgan fingerprint density at radius 2 is 0.977 bits per heavy atom. The molecule has 10 N–H and O–H groups in total. The minimum atomic E-state index is -1.19. The SMILES string of the molecule is CCn1cnc(CCNc2nc(N[C@H]3CC[C@H](Nc4c(N[C@H]5CC[C@H](Nc6nc(NCCc7cn(CC)cn7)nc7c6ncn7[C@@H]6C[C@H](n7ncc(CO)n7)[C@@H](O)[C@H]6O)CC5)c(=O)c4=O)CC3)c3ncn([C@H]4CC[C@@H](n5ncc(CO)n5)C4)c3n2)c1. The van der Waals surface area contributed by atoms with Crippen LogP contribution >= 0.6 is 0 Å². The van der Waals surface area contributed by atoms with Crippen LogP contribution in [0.5, 0.6) is 0 Å². The Kier molecular flexibility index (Phi) is 16.1. The summed E-state index contributed by atoms with van der Waals surface area (Å²) in [7, 11) is 0. The van der Waals surface area contributed by atoms with E-state index in [0.29, 0.717) is 88.9 Å². The molecule has 30 heteroatoms. The van der Waals surface area contributed by atoms with Crippen molar-refractivity contribution < 1.29 is 20.4 Å². The van der Waals surface area contributed by atoms with Gasteiger partial charge in [0, 0.05) is 81.6 Å². The van der Waals surface area contributed by atoms with E-state index in [2.05, 4.69) is 91.4 Å². The first kappa shape index (κ1) is 56.6. The number of aryl methyl sites for hydroxylation is 2. The molecule has 86 heavy (non-hydrogen) atoms. The van der Waals surface area contributed by atoms with E-state index in [-0.39, 0.29) is 55.9 Å². The molecule has 8 aromatic heterocycles. The van der Waals surface area contributed by atoms with Crippen molar-refractivity contribution >= 4 is 57.2 Å². The average Bonchev–Trinajstić information content (AvgIpc) is 3.39. The highest BCUT2D eigenvalue weighted by atomic mass is 16.3. The zero-order valence-corrected chi connectivity index (χ0v) is 48.2. The molecular weight excluding hydrogens is 1100 g/mol. The fourth-order valence-corrected chi connectivity index (χ4v) is 12.9. The van der Waals surface area contributed by atoms with Gasteiger partial charge in [0.25, 0.3) is 10.9 Å². The number of fused-ring (bicyclic) bond motifs is 2. The second-order valence-electron chi connectivity index (χ2n) is 23.4. The van der Waals surface area contributed by atoms with E-state index < -0.39 is 35.1 Å². The van der Waals surface area contributed by atoms with Crippen molar-refractivity contribution in [1.82, 2.24) is 88.1 Å². The molecule has 6 atom stereocenters. The molecule has 0 amide bonds. The van der Waals surface area contributed by atoms with Gasteiger partial charge in [-0.15, -0.1) is 0 Å². The van der Waals surface area contributed by atoms with Gasteiger partial charge in [-0.2, -0.15) is 49.9 Å². The molecule has 0 spiro atoms. The average molecular weight is 1180 g/mol. The predicted molar refractivity (Wildman–Crippen MR) is 317 cm³/mol. The summed E-state index contributed by atoms with van der Waals surface area (Å²) in [6.45, 7) is 6.46. The highest BCUT2D eigenvalue weighted by molar-refractivity contribution is 5.85. The molecule has 0 unspecified atom stereocenters. The molecule has 0 aliphatic heterocycles. The lowest BCUT2D eigenvalue weighted by atomic mass is 9.90. The Balaban J connectivity index is 0.642. The van der Waals surface area contributed by atoms with E-state index >= 15 is 0 Å². The Bertz CT molecular complexity index is 3860. The summed E-state index contributed by atoms with van der Waals surface area (Å²) in [5.74, 6) is 2.04. The predicted octanol–water partition coefficient (Wildman–Crippen LogP) is 3.02. The first-order chi connectivity index (χ1) is 42.0. The van der Waals surface area contributed by atoms with Crippen LogP contribution in [0.4, 0.5) is 34.9 Å². The molecule has 4 aliphatic carbocycles. The number of anilines is 6. The van der Waals surface area contributed by atoms with Gasteiger partial charge >= 0.3 is 0 Å².